The number of carbonyl (C=O) groups excluding carboxylic acids is 1. The molecule has 1 aromatic heterocycles. The topological polar surface area (TPSA) is 145 Å². The molecule has 41 heavy (non-hydrogen) atoms. The fourth-order valence-electron chi connectivity index (χ4n) is 3.74. The number of carbonyl (C=O) groups is 2. The van der Waals surface area contributed by atoms with Crippen LogP contribution in [0.1, 0.15) is 19.4 Å². The van der Waals surface area contributed by atoms with Gasteiger partial charge in [0.05, 0.1) is 11.1 Å². The Morgan fingerprint density at radius 3 is 2.17 bits per heavy atom. The lowest BCUT2D eigenvalue weighted by atomic mass is 10.1. The van der Waals surface area contributed by atoms with E-state index in [1.807, 2.05) is 18.7 Å². The average molecular weight is 605 g/mol. The molecule has 0 unspecified atom stereocenters. The third kappa shape index (κ3) is 7.76. The highest BCUT2D eigenvalue weighted by molar-refractivity contribution is 7.92. The number of carboxylic acid groups (broad SMARTS) is 1. The predicted octanol–water partition coefficient (Wildman–Crippen LogP) is 3.97. The number of carboxylic acids is 1. The minimum absolute atomic E-state index is 0.00647. The summed E-state index contributed by atoms with van der Waals surface area (Å²) < 4.78 is 33.1. The Kier molecular flexibility index (Phi) is 10.4. The summed E-state index contributed by atoms with van der Waals surface area (Å²) in [5, 5.41) is 13.4. The number of hydrogen-bond donors (Lipinski definition) is 2. The lowest BCUT2D eigenvalue weighted by Gasteiger charge is -2.26. The van der Waals surface area contributed by atoms with E-state index in [1.165, 1.54) is 42.4 Å². The fourth-order valence-corrected chi connectivity index (χ4v) is 5.06. The van der Waals surface area contributed by atoms with Gasteiger partial charge in [-0.3, -0.25) is 4.31 Å². The van der Waals surface area contributed by atoms with Crippen molar-refractivity contribution < 1.29 is 27.9 Å². The molecule has 220 valence electrons. The lowest BCUT2D eigenvalue weighted by Crippen LogP contribution is -2.35. The molecule has 1 heterocycles. The van der Waals surface area contributed by atoms with Crippen molar-refractivity contribution in [2.45, 2.75) is 31.2 Å². The van der Waals surface area contributed by atoms with Crippen molar-refractivity contribution in [1.29, 1.82) is 0 Å². The molecule has 1 amide bonds. The van der Waals surface area contributed by atoms with Crippen LogP contribution in [-0.2, 0) is 21.2 Å². The van der Waals surface area contributed by atoms with E-state index in [-0.39, 0.29) is 22.8 Å². The van der Waals surface area contributed by atoms with Gasteiger partial charge in [0.25, 0.3) is 10.0 Å². The monoisotopic (exact) mass is 604 g/mol. The Bertz CT molecular complexity index is 1460. The van der Waals surface area contributed by atoms with E-state index < -0.39 is 28.1 Å². The smallest absolute Gasteiger partial charge is 0.414 e. The molecular formula is C27H33ClN6O6S. The van der Waals surface area contributed by atoms with Gasteiger partial charge >= 0.3 is 12.1 Å². The molecule has 14 heteroatoms. The second-order valence-electron chi connectivity index (χ2n) is 9.15. The molecule has 0 saturated heterocycles. The minimum Gasteiger partial charge on any atom is -0.480 e. The van der Waals surface area contributed by atoms with Crippen LogP contribution in [0.15, 0.2) is 59.6 Å². The van der Waals surface area contributed by atoms with E-state index >= 15 is 0 Å². The maximum absolute atomic E-state index is 13.4. The molecule has 0 radical (unpaired) electrons. The third-order valence-electron chi connectivity index (χ3n) is 6.16. The average Bonchev–Trinajstić information content (AvgIpc) is 2.94. The Morgan fingerprint density at radius 2 is 1.63 bits per heavy atom. The van der Waals surface area contributed by atoms with Crippen LogP contribution < -0.4 is 19.3 Å². The highest BCUT2D eigenvalue weighted by atomic mass is 35.5. The zero-order valence-corrected chi connectivity index (χ0v) is 25.0. The van der Waals surface area contributed by atoms with Crippen LogP contribution >= 0.6 is 11.6 Å². The highest BCUT2D eigenvalue weighted by Crippen LogP contribution is 2.30. The molecule has 3 rings (SSSR count). The Labute approximate surface area is 244 Å². The number of hydrogen-bond acceptors (Lipinski definition) is 9. The Balaban J connectivity index is 1.96. The maximum Gasteiger partial charge on any atom is 0.414 e. The van der Waals surface area contributed by atoms with E-state index in [2.05, 4.69) is 15.3 Å². The quantitative estimate of drug-likeness (QED) is 0.311. The summed E-state index contributed by atoms with van der Waals surface area (Å²) in [5.74, 6) is -0.519. The summed E-state index contributed by atoms with van der Waals surface area (Å²) in [6.45, 7) is 5.01. The van der Waals surface area contributed by atoms with Crippen molar-refractivity contribution >= 4 is 51.1 Å². The number of benzene rings is 2. The molecule has 12 nitrogen and oxygen atoms in total. The number of halogens is 1. The third-order valence-corrected chi connectivity index (χ3v) is 8.19. The van der Waals surface area contributed by atoms with Crippen molar-refractivity contribution in [3.05, 3.63) is 65.3 Å². The van der Waals surface area contributed by atoms with Crippen LogP contribution in [0.25, 0.3) is 0 Å². The van der Waals surface area contributed by atoms with Crippen LogP contribution in [-0.4, -0.2) is 80.7 Å². The van der Waals surface area contributed by atoms with E-state index in [0.29, 0.717) is 35.4 Å². The lowest BCUT2D eigenvalue weighted by molar-refractivity contribution is -0.137. The van der Waals surface area contributed by atoms with E-state index in [1.54, 1.807) is 38.4 Å². The summed E-state index contributed by atoms with van der Waals surface area (Å²) in [6.07, 6.45) is 0.832. The van der Waals surface area contributed by atoms with Crippen molar-refractivity contribution in [1.82, 2.24) is 14.9 Å². The number of nitrogens with zero attached hydrogens (tertiary/aromatic N) is 5. The molecule has 0 aliphatic rings. The van der Waals surface area contributed by atoms with Crippen molar-refractivity contribution in [2.24, 2.45) is 0 Å². The van der Waals surface area contributed by atoms with Gasteiger partial charge in [-0.25, -0.2) is 23.0 Å². The maximum atomic E-state index is 13.4. The van der Waals surface area contributed by atoms with Crippen LogP contribution in [0.3, 0.4) is 0 Å². The first kappa shape index (κ1) is 31.4. The molecule has 0 spiro atoms. The van der Waals surface area contributed by atoms with Gasteiger partial charge in [-0.2, -0.15) is 4.98 Å². The van der Waals surface area contributed by atoms with Gasteiger partial charge in [-0.15, -0.1) is 0 Å². The van der Waals surface area contributed by atoms with Crippen LogP contribution in [0.5, 0.6) is 5.75 Å². The summed E-state index contributed by atoms with van der Waals surface area (Å²) >= 11 is 5.93. The van der Waals surface area contributed by atoms with E-state index in [9.17, 15) is 23.1 Å². The molecular weight excluding hydrogens is 572 g/mol. The standard InChI is InChI=1S/C27H33ClN6O6S/c1-6-34(7-2)26-29-17-23(33(5)41(38,39)21-14-10-19(28)11-15-21)24(31-26)30-22(25(35)36)16-18-8-12-20(13-9-18)40-27(37)32(3)4/h8-15,17,22H,6-7,16H2,1-5H3,(H,35,36)(H,29,30,31)/t22-/m0/s1. The molecule has 0 bridgehead atoms. The molecule has 0 saturated carbocycles. The van der Waals surface area contributed by atoms with Gasteiger partial charge < -0.3 is 25.0 Å². The first-order valence-corrected chi connectivity index (χ1v) is 14.5. The highest BCUT2D eigenvalue weighted by Gasteiger charge is 2.28. The fraction of sp³-hybridized carbons (Fsp3) is 0.333. The number of nitrogens with one attached hydrogen (secondary N) is 1. The molecule has 2 N–H and O–H groups in total. The van der Waals surface area contributed by atoms with Gasteiger partial charge in [0.1, 0.15) is 17.5 Å². The summed E-state index contributed by atoms with van der Waals surface area (Å²) in [4.78, 5) is 36.1. The van der Waals surface area contributed by atoms with E-state index in [4.69, 9.17) is 16.3 Å². The first-order valence-electron chi connectivity index (χ1n) is 12.7. The number of anilines is 3. The summed E-state index contributed by atoms with van der Waals surface area (Å²) in [7, 11) is 0.400. The van der Waals surface area contributed by atoms with Crippen molar-refractivity contribution in [3.63, 3.8) is 0 Å². The van der Waals surface area contributed by atoms with Crippen LogP contribution in [0, 0.1) is 0 Å². The summed E-state index contributed by atoms with van der Waals surface area (Å²) in [5.41, 5.74) is 0.698. The van der Waals surface area contributed by atoms with Gasteiger partial charge in [0, 0.05) is 45.7 Å². The molecule has 0 fully saturated rings. The predicted molar refractivity (Wildman–Crippen MR) is 158 cm³/mol. The van der Waals surface area contributed by atoms with Crippen molar-refractivity contribution in [3.8, 4) is 5.75 Å². The zero-order valence-electron chi connectivity index (χ0n) is 23.4. The summed E-state index contributed by atoms with van der Waals surface area (Å²) in [6, 6.07) is 10.9. The first-order chi connectivity index (χ1) is 19.4. The van der Waals surface area contributed by atoms with Gasteiger partial charge in [-0.05, 0) is 55.8 Å². The van der Waals surface area contributed by atoms with E-state index in [0.717, 1.165) is 4.31 Å². The van der Waals surface area contributed by atoms with Gasteiger partial charge in [0.2, 0.25) is 5.95 Å². The molecule has 0 aliphatic heterocycles. The number of aliphatic carboxylic acids is 1. The van der Waals surface area contributed by atoms with Gasteiger partial charge in [-0.1, -0.05) is 23.7 Å². The second-order valence-corrected chi connectivity index (χ2v) is 11.6. The molecule has 0 aliphatic carbocycles. The van der Waals surface area contributed by atoms with Crippen LogP contribution in [0.4, 0.5) is 22.2 Å². The number of sulfonamides is 1. The number of aromatic nitrogens is 2. The second kappa shape index (κ2) is 13.5. The minimum atomic E-state index is -4.06. The number of ether oxygens (including phenoxy) is 1. The number of amides is 1. The Morgan fingerprint density at radius 1 is 1.02 bits per heavy atom. The normalized spacial score (nSPS) is 11.9. The SMILES string of the molecule is CCN(CC)c1ncc(N(C)S(=O)(=O)c2ccc(Cl)cc2)c(N[C@@H](Cc2ccc(OC(=O)N(C)C)cc2)C(=O)O)n1. The van der Waals surface area contributed by atoms with Gasteiger partial charge in [0.15, 0.2) is 5.82 Å². The number of rotatable bonds is 12. The van der Waals surface area contributed by atoms with Crippen molar-refractivity contribution in [2.75, 3.05) is 48.8 Å². The largest absolute Gasteiger partial charge is 0.480 e. The Hall–Kier alpha value is -4.10. The zero-order chi connectivity index (χ0) is 30.3. The van der Waals surface area contributed by atoms with Crippen LogP contribution in [0.2, 0.25) is 5.02 Å². The molecule has 1 atom stereocenters. The molecule has 3 aromatic rings. The molecule has 2 aromatic carbocycles.